The Labute approximate surface area is 127 Å². The van der Waals surface area contributed by atoms with Gasteiger partial charge < -0.3 is 16.2 Å². The lowest BCUT2D eigenvalue weighted by Gasteiger charge is -2.18. The Kier molecular flexibility index (Phi) is 4.25. The van der Waals surface area contributed by atoms with E-state index in [1.54, 1.807) is 0 Å². The number of rotatable bonds is 5. The molecule has 1 atom stereocenters. The zero-order valence-corrected chi connectivity index (χ0v) is 12.8. The second-order valence-corrected chi connectivity index (χ2v) is 6.14. The van der Waals surface area contributed by atoms with E-state index < -0.39 is 23.0 Å². The third-order valence-corrected chi connectivity index (χ3v) is 3.95. The van der Waals surface area contributed by atoms with Crippen molar-refractivity contribution in [3.63, 3.8) is 0 Å². The van der Waals surface area contributed by atoms with Gasteiger partial charge in [0.05, 0.1) is 5.69 Å². The summed E-state index contributed by atoms with van der Waals surface area (Å²) in [7, 11) is 0. The highest BCUT2D eigenvalue weighted by Crippen LogP contribution is 2.42. The molecule has 0 amide bonds. The molecule has 2 rings (SSSR count). The summed E-state index contributed by atoms with van der Waals surface area (Å²) in [4.78, 5) is 28.0. The number of carboxylic acids is 1. The quantitative estimate of drug-likeness (QED) is 0.698. The Morgan fingerprint density at radius 2 is 2.29 bits per heavy atom. The van der Waals surface area contributed by atoms with E-state index >= 15 is 0 Å². The second kappa shape index (κ2) is 5.65. The minimum atomic E-state index is -1.04. The van der Waals surface area contributed by atoms with E-state index in [1.165, 1.54) is 4.57 Å². The molecule has 116 valence electrons. The highest BCUT2D eigenvalue weighted by atomic mass is 35.5. The molecule has 0 fully saturated rings. The Morgan fingerprint density at radius 1 is 1.62 bits per heavy atom. The molecule has 1 aromatic rings. The molecule has 0 unspecified atom stereocenters. The second-order valence-electron chi connectivity index (χ2n) is 5.79. The van der Waals surface area contributed by atoms with Crippen LogP contribution in [0.5, 0.6) is 0 Å². The number of halogens is 1. The first-order valence-electron chi connectivity index (χ1n) is 6.79. The van der Waals surface area contributed by atoms with Gasteiger partial charge in [0.1, 0.15) is 6.04 Å². The average Bonchev–Trinajstić information content (AvgIpc) is 2.68. The smallest absolute Gasteiger partial charge is 0.326 e. The number of hydrogen-bond donors (Lipinski definition) is 3. The molecule has 8 heteroatoms. The van der Waals surface area contributed by atoms with Crippen molar-refractivity contribution in [2.45, 2.75) is 38.1 Å². The molecule has 21 heavy (non-hydrogen) atoms. The molecule has 7 nitrogen and oxygen atoms in total. The number of carbonyl (C=O) groups is 1. The van der Waals surface area contributed by atoms with Gasteiger partial charge in [-0.3, -0.25) is 9.36 Å². The predicted octanol–water partition coefficient (Wildman–Crippen LogP) is 0.964. The Bertz CT molecular complexity index is 627. The summed E-state index contributed by atoms with van der Waals surface area (Å²) in [5, 5.41) is 12.4. The number of hydrogen-bond acceptors (Lipinski definition) is 5. The van der Waals surface area contributed by atoms with E-state index in [4.69, 9.17) is 17.3 Å². The molecule has 1 aliphatic rings. The Balaban J connectivity index is 2.54. The van der Waals surface area contributed by atoms with Crippen LogP contribution < -0.4 is 16.6 Å². The van der Waals surface area contributed by atoms with E-state index in [2.05, 4.69) is 10.3 Å². The summed E-state index contributed by atoms with van der Waals surface area (Å²) in [6.07, 6.45) is 0.986. The molecule has 0 aromatic carbocycles. The summed E-state index contributed by atoms with van der Waals surface area (Å²) < 4.78 is 1.25. The summed E-state index contributed by atoms with van der Waals surface area (Å²) in [6.45, 7) is 4.68. The molecule has 1 aliphatic heterocycles. The van der Waals surface area contributed by atoms with Crippen LogP contribution in [0.1, 0.15) is 38.4 Å². The van der Waals surface area contributed by atoms with Crippen LogP contribution in [0.2, 0.25) is 5.15 Å². The fourth-order valence-electron chi connectivity index (χ4n) is 2.71. The summed E-state index contributed by atoms with van der Waals surface area (Å²) in [5.74, 6) is -0.972. The fourth-order valence-corrected chi connectivity index (χ4v) is 3.14. The number of anilines is 1. The molecule has 2 heterocycles. The largest absolute Gasteiger partial charge is 0.480 e. The third-order valence-electron chi connectivity index (χ3n) is 3.68. The van der Waals surface area contributed by atoms with E-state index in [0.717, 1.165) is 0 Å². The van der Waals surface area contributed by atoms with Crippen LogP contribution >= 0.6 is 11.6 Å². The maximum Gasteiger partial charge on any atom is 0.326 e. The summed E-state index contributed by atoms with van der Waals surface area (Å²) >= 11 is 6.19. The number of carboxylic acid groups (broad SMARTS) is 1. The van der Waals surface area contributed by atoms with Crippen molar-refractivity contribution in [3.05, 3.63) is 21.2 Å². The lowest BCUT2D eigenvalue weighted by atomic mass is 9.87. The number of aromatic nitrogens is 2. The van der Waals surface area contributed by atoms with Gasteiger partial charge in [0.2, 0.25) is 0 Å². The van der Waals surface area contributed by atoms with Crippen LogP contribution in [-0.4, -0.2) is 33.7 Å². The minimum Gasteiger partial charge on any atom is -0.480 e. The van der Waals surface area contributed by atoms with Gasteiger partial charge in [0.15, 0.2) is 11.0 Å². The Morgan fingerprint density at radius 3 is 2.86 bits per heavy atom. The maximum absolute atomic E-state index is 12.5. The number of nitrogens with zero attached hydrogens (tertiary/aromatic N) is 2. The molecule has 0 saturated carbocycles. The normalized spacial score (nSPS) is 19.3. The molecule has 0 aliphatic carbocycles. The molecule has 0 radical (unpaired) electrons. The van der Waals surface area contributed by atoms with E-state index in [-0.39, 0.29) is 11.0 Å². The number of nitrogens with one attached hydrogen (secondary N) is 1. The topological polar surface area (TPSA) is 110 Å². The van der Waals surface area contributed by atoms with Crippen molar-refractivity contribution in [1.29, 1.82) is 0 Å². The van der Waals surface area contributed by atoms with Crippen molar-refractivity contribution in [1.82, 2.24) is 9.55 Å². The lowest BCUT2D eigenvalue weighted by molar-refractivity contribution is -0.140. The highest BCUT2D eigenvalue weighted by molar-refractivity contribution is 6.30. The van der Waals surface area contributed by atoms with Gasteiger partial charge in [0, 0.05) is 12.0 Å². The minimum absolute atomic E-state index is 0.0705. The first kappa shape index (κ1) is 15.8. The summed E-state index contributed by atoms with van der Waals surface area (Å²) in [6, 6.07) is -0.918. The highest BCUT2D eigenvalue weighted by Gasteiger charge is 2.44. The van der Waals surface area contributed by atoms with Gasteiger partial charge in [-0.1, -0.05) is 25.4 Å². The van der Waals surface area contributed by atoms with Crippen LogP contribution in [0.25, 0.3) is 0 Å². The standard InChI is InChI=1S/C13H19ClN4O3/c1-13(2)6-7(12(20)21)18-8(13)9(14)17-10(11(18)19)16-5-3-4-15/h7H,3-6,15H2,1-2H3,(H,16,17)(H,20,21)/t7-/m0/s1. The van der Waals surface area contributed by atoms with Gasteiger partial charge in [-0.15, -0.1) is 0 Å². The molecular formula is C13H19ClN4O3. The van der Waals surface area contributed by atoms with Crippen molar-refractivity contribution < 1.29 is 9.90 Å². The predicted molar refractivity (Wildman–Crippen MR) is 80.0 cm³/mol. The zero-order valence-electron chi connectivity index (χ0n) is 12.0. The van der Waals surface area contributed by atoms with Crippen LogP contribution in [0.15, 0.2) is 4.79 Å². The first-order chi connectivity index (χ1) is 9.79. The van der Waals surface area contributed by atoms with Crippen LogP contribution in [0, 0.1) is 0 Å². The molecule has 0 bridgehead atoms. The van der Waals surface area contributed by atoms with Crippen molar-refractivity contribution in [3.8, 4) is 0 Å². The van der Waals surface area contributed by atoms with Crippen molar-refractivity contribution in [2.75, 3.05) is 18.4 Å². The molecule has 0 saturated heterocycles. The van der Waals surface area contributed by atoms with Crippen LogP contribution in [0.4, 0.5) is 5.82 Å². The summed E-state index contributed by atoms with van der Waals surface area (Å²) in [5.41, 5.74) is 4.91. The van der Waals surface area contributed by atoms with Crippen LogP contribution in [0.3, 0.4) is 0 Å². The number of nitrogens with two attached hydrogens (primary N) is 1. The van der Waals surface area contributed by atoms with Crippen molar-refractivity contribution >= 4 is 23.4 Å². The van der Waals surface area contributed by atoms with Crippen molar-refractivity contribution in [2.24, 2.45) is 5.73 Å². The van der Waals surface area contributed by atoms with E-state index in [9.17, 15) is 14.7 Å². The molecule has 1 aromatic heterocycles. The SMILES string of the molecule is CC1(C)C[C@@H](C(=O)O)n2c1c(Cl)nc(NCCCN)c2=O. The Hall–Kier alpha value is -1.60. The fraction of sp³-hybridized carbons (Fsp3) is 0.615. The monoisotopic (exact) mass is 314 g/mol. The van der Waals surface area contributed by atoms with Gasteiger partial charge in [0.25, 0.3) is 5.56 Å². The molecule has 4 N–H and O–H groups in total. The maximum atomic E-state index is 12.5. The van der Waals surface area contributed by atoms with Gasteiger partial charge >= 0.3 is 5.97 Å². The first-order valence-corrected chi connectivity index (χ1v) is 7.16. The zero-order chi connectivity index (χ0) is 15.8. The average molecular weight is 315 g/mol. The van der Waals surface area contributed by atoms with Gasteiger partial charge in [-0.05, 0) is 19.4 Å². The number of fused-ring (bicyclic) bond motifs is 1. The van der Waals surface area contributed by atoms with E-state index in [1.807, 2.05) is 13.8 Å². The van der Waals surface area contributed by atoms with Gasteiger partial charge in [-0.2, -0.15) is 0 Å². The molecule has 0 spiro atoms. The van der Waals surface area contributed by atoms with E-state index in [0.29, 0.717) is 31.6 Å². The lowest BCUT2D eigenvalue weighted by Crippen LogP contribution is -2.31. The molecular weight excluding hydrogens is 296 g/mol. The van der Waals surface area contributed by atoms with Crippen LogP contribution in [-0.2, 0) is 10.2 Å². The third kappa shape index (κ3) is 2.75. The number of aliphatic carboxylic acids is 1. The van der Waals surface area contributed by atoms with Gasteiger partial charge in [-0.25, -0.2) is 9.78 Å².